The summed E-state index contributed by atoms with van der Waals surface area (Å²) >= 11 is 0. The van der Waals surface area contributed by atoms with Gasteiger partial charge in [-0.15, -0.1) is 0 Å². The second-order valence-electron chi connectivity index (χ2n) is 8.08. The lowest BCUT2D eigenvalue weighted by Gasteiger charge is -2.39. The van der Waals surface area contributed by atoms with Crippen LogP contribution in [0.2, 0.25) is 18.1 Å². The predicted octanol–water partition coefficient (Wildman–Crippen LogP) is 2.99. The SMILES string of the molecule is CC(=O)N1C[C@@H](Oc2ncccc2[N+](=O)[O-])[C@H](O[Si](C)(C)C(C)(C)C)C1. The van der Waals surface area contributed by atoms with E-state index in [0.29, 0.717) is 13.1 Å². The molecule has 8 nitrogen and oxygen atoms in total. The average molecular weight is 382 g/mol. The molecule has 9 heteroatoms. The molecule has 2 atom stereocenters. The van der Waals surface area contributed by atoms with E-state index >= 15 is 0 Å². The number of pyridine rings is 1. The van der Waals surface area contributed by atoms with Gasteiger partial charge in [0, 0.05) is 25.7 Å². The number of aromatic nitrogens is 1. The quantitative estimate of drug-likeness (QED) is 0.442. The number of hydrogen-bond donors (Lipinski definition) is 0. The fourth-order valence-electron chi connectivity index (χ4n) is 2.54. The molecule has 1 fully saturated rings. The normalized spacial score (nSPS) is 20.9. The van der Waals surface area contributed by atoms with Crippen LogP contribution >= 0.6 is 0 Å². The third-order valence-corrected chi connectivity index (χ3v) is 9.63. The number of amides is 1. The molecular formula is C17H27N3O5Si. The monoisotopic (exact) mass is 381 g/mol. The second-order valence-corrected chi connectivity index (χ2v) is 12.8. The van der Waals surface area contributed by atoms with Crippen molar-refractivity contribution in [3.8, 4) is 5.88 Å². The summed E-state index contributed by atoms with van der Waals surface area (Å²) in [7, 11) is -2.10. The van der Waals surface area contributed by atoms with E-state index in [2.05, 4.69) is 38.8 Å². The maximum absolute atomic E-state index is 11.8. The van der Waals surface area contributed by atoms with E-state index in [0.717, 1.165) is 0 Å². The summed E-state index contributed by atoms with van der Waals surface area (Å²) in [6.07, 6.45) is 0.604. The van der Waals surface area contributed by atoms with Crippen LogP contribution in [-0.4, -0.2) is 54.3 Å². The van der Waals surface area contributed by atoms with Crippen molar-refractivity contribution in [1.29, 1.82) is 0 Å². The van der Waals surface area contributed by atoms with Crippen LogP contribution in [-0.2, 0) is 9.22 Å². The summed E-state index contributed by atoms with van der Waals surface area (Å²) in [5, 5.41) is 11.2. The van der Waals surface area contributed by atoms with Gasteiger partial charge in [0.2, 0.25) is 5.91 Å². The second kappa shape index (κ2) is 7.32. The molecule has 0 bridgehead atoms. The van der Waals surface area contributed by atoms with Gasteiger partial charge in [0.05, 0.1) is 11.5 Å². The number of rotatable bonds is 5. The zero-order valence-electron chi connectivity index (χ0n) is 16.2. The molecule has 0 saturated carbocycles. The summed E-state index contributed by atoms with van der Waals surface area (Å²) in [4.78, 5) is 28.2. The van der Waals surface area contributed by atoms with E-state index < -0.39 is 19.3 Å². The molecule has 1 aliphatic rings. The molecule has 0 aliphatic carbocycles. The molecular weight excluding hydrogens is 354 g/mol. The van der Waals surface area contributed by atoms with Gasteiger partial charge >= 0.3 is 5.69 Å². The third-order valence-electron chi connectivity index (χ3n) is 5.12. The van der Waals surface area contributed by atoms with Gasteiger partial charge in [-0.3, -0.25) is 14.9 Å². The topological polar surface area (TPSA) is 94.8 Å². The smallest absolute Gasteiger partial charge is 0.330 e. The lowest BCUT2D eigenvalue weighted by Crippen LogP contribution is -2.48. The molecule has 0 unspecified atom stereocenters. The Morgan fingerprint density at radius 1 is 1.35 bits per heavy atom. The highest BCUT2D eigenvalue weighted by Gasteiger charge is 2.45. The van der Waals surface area contributed by atoms with E-state index in [1.54, 1.807) is 4.90 Å². The highest BCUT2D eigenvalue weighted by molar-refractivity contribution is 6.74. The van der Waals surface area contributed by atoms with Crippen molar-refractivity contribution in [3.05, 3.63) is 28.4 Å². The maximum atomic E-state index is 11.8. The molecule has 1 amide bonds. The summed E-state index contributed by atoms with van der Waals surface area (Å²) in [5.74, 6) is -0.118. The maximum Gasteiger partial charge on any atom is 0.330 e. The van der Waals surface area contributed by atoms with Crippen LogP contribution in [0.4, 0.5) is 5.69 Å². The van der Waals surface area contributed by atoms with Gasteiger partial charge in [-0.1, -0.05) is 20.8 Å². The summed E-state index contributed by atoms with van der Waals surface area (Å²) < 4.78 is 12.3. The number of carbonyl (C=O) groups is 1. The van der Waals surface area contributed by atoms with E-state index in [9.17, 15) is 14.9 Å². The van der Waals surface area contributed by atoms with Crippen LogP contribution in [0, 0.1) is 10.1 Å². The highest BCUT2D eigenvalue weighted by Crippen LogP contribution is 2.39. The van der Waals surface area contributed by atoms with Crippen LogP contribution < -0.4 is 4.74 Å². The Kier molecular flexibility index (Phi) is 5.72. The zero-order valence-corrected chi connectivity index (χ0v) is 17.2. The summed E-state index contributed by atoms with van der Waals surface area (Å²) in [6.45, 7) is 12.9. The van der Waals surface area contributed by atoms with E-state index in [1.165, 1.54) is 25.3 Å². The molecule has 0 aromatic carbocycles. The molecule has 1 aliphatic heterocycles. The van der Waals surface area contributed by atoms with Crippen molar-refractivity contribution in [1.82, 2.24) is 9.88 Å². The van der Waals surface area contributed by atoms with Gasteiger partial charge in [0.15, 0.2) is 8.32 Å². The van der Waals surface area contributed by atoms with Gasteiger partial charge in [-0.05, 0) is 24.2 Å². The Morgan fingerprint density at radius 2 is 1.96 bits per heavy atom. The van der Waals surface area contributed by atoms with Gasteiger partial charge in [0.25, 0.3) is 5.88 Å². The first-order valence-electron chi connectivity index (χ1n) is 8.62. The number of nitro groups is 1. The minimum absolute atomic E-state index is 0.00180. The molecule has 2 rings (SSSR count). The van der Waals surface area contributed by atoms with Crippen LogP contribution in [0.25, 0.3) is 0 Å². The van der Waals surface area contributed by atoms with Gasteiger partial charge in [0.1, 0.15) is 12.2 Å². The van der Waals surface area contributed by atoms with Crippen LogP contribution in [0.5, 0.6) is 5.88 Å². The minimum Gasteiger partial charge on any atom is -0.465 e. The molecule has 0 spiro atoms. The fourth-order valence-corrected chi connectivity index (χ4v) is 3.87. The zero-order chi connectivity index (χ0) is 19.7. The average Bonchev–Trinajstić information content (AvgIpc) is 2.89. The Labute approximate surface area is 154 Å². The van der Waals surface area contributed by atoms with Crippen molar-refractivity contribution in [2.24, 2.45) is 0 Å². The van der Waals surface area contributed by atoms with Gasteiger partial charge in [-0.25, -0.2) is 4.98 Å². The minimum atomic E-state index is -2.10. The Hall–Kier alpha value is -2.00. The molecule has 1 aromatic rings. The lowest BCUT2D eigenvalue weighted by molar-refractivity contribution is -0.386. The molecule has 0 radical (unpaired) electrons. The van der Waals surface area contributed by atoms with Gasteiger partial charge in [-0.2, -0.15) is 0 Å². The first-order chi connectivity index (χ1) is 11.9. The first kappa shape index (κ1) is 20.3. The molecule has 1 saturated heterocycles. The van der Waals surface area contributed by atoms with Crippen molar-refractivity contribution in [3.63, 3.8) is 0 Å². The van der Waals surface area contributed by atoms with E-state index in [1.807, 2.05) is 0 Å². The molecule has 26 heavy (non-hydrogen) atoms. The Balaban J connectivity index is 2.26. The van der Waals surface area contributed by atoms with Crippen molar-refractivity contribution in [2.45, 2.75) is 58.0 Å². The van der Waals surface area contributed by atoms with Crippen LogP contribution in [0.15, 0.2) is 18.3 Å². The van der Waals surface area contributed by atoms with Crippen molar-refractivity contribution < 1.29 is 18.9 Å². The standard InChI is InChI=1S/C17H27N3O5Si/c1-12(21)19-10-14(15(11-19)25-26(5,6)17(2,3)4)24-16-13(20(22)23)8-7-9-18-16/h7-9,14-15H,10-11H2,1-6H3/t14-,15-/m1/s1. The molecule has 2 heterocycles. The number of hydrogen-bond acceptors (Lipinski definition) is 6. The van der Waals surface area contributed by atoms with Crippen molar-refractivity contribution in [2.75, 3.05) is 13.1 Å². The summed E-state index contributed by atoms with van der Waals surface area (Å²) in [5.41, 5.74) is -0.195. The summed E-state index contributed by atoms with van der Waals surface area (Å²) in [6, 6.07) is 2.84. The Morgan fingerprint density at radius 3 is 2.50 bits per heavy atom. The lowest BCUT2D eigenvalue weighted by atomic mass is 10.2. The van der Waals surface area contributed by atoms with Crippen LogP contribution in [0.3, 0.4) is 0 Å². The number of ether oxygens (including phenoxy) is 1. The predicted molar refractivity (Wildman–Crippen MR) is 99.6 cm³/mol. The first-order valence-corrected chi connectivity index (χ1v) is 11.5. The highest BCUT2D eigenvalue weighted by atomic mass is 28.4. The molecule has 0 N–H and O–H groups in total. The number of likely N-dealkylation sites (tertiary alicyclic amines) is 1. The number of nitrogens with zero attached hydrogens (tertiary/aromatic N) is 3. The molecule has 144 valence electrons. The van der Waals surface area contributed by atoms with E-state index in [4.69, 9.17) is 9.16 Å². The molecule has 1 aromatic heterocycles. The van der Waals surface area contributed by atoms with Crippen molar-refractivity contribution >= 4 is 19.9 Å². The number of carbonyl (C=O) groups excluding carboxylic acids is 1. The van der Waals surface area contributed by atoms with Crippen LogP contribution in [0.1, 0.15) is 27.7 Å². The largest absolute Gasteiger partial charge is 0.465 e. The Bertz CT molecular complexity index is 689. The van der Waals surface area contributed by atoms with Gasteiger partial charge < -0.3 is 14.1 Å². The third kappa shape index (κ3) is 4.39. The van der Waals surface area contributed by atoms with E-state index in [-0.39, 0.29) is 28.6 Å². The fraction of sp³-hybridized carbons (Fsp3) is 0.647.